The summed E-state index contributed by atoms with van der Waals surface area (Å²) < 4.78 is 0. The summed E-state index contributed by atoms with van der Waals surface area (Å²) in [5.74, 6) is 0. The van der Waals surface area contributed by atoms with E-state index in [2.05, 4.69) is 0 Å². The molecule has 0 heterocycles. The van der Waals surface area contributed by atoms with Crippen LogP contribution in [0, 0.1) is 0 Å². The van der Waals surface area contributed by atoms with Crippen molar-refractivity contribution in [1.29, 1.82) is 0 Å². The van der Waals surface area contributed by atoms with Crippen LogP contribution in [0.2, 0.25) is 0 Å². The van der Waals surface area contributed by atoms with Gasteiger partial charge < -0.3 is 22.1 Å². The average Bonchev–Trinajstić information content (AvgIpc) is 1.39. The topological polar surface area (TPSA) is 117 Å². The van der Waals surface area contributed by atoms with Gasteiger partial charge >= 0.3 is 0 Å². The highest BCUT2D eigenvalue weighted by atomic mass is 31.0. The lowest BCUT2D eigenvalue weighted by atomic mass is 13.0. The van der Waals surface area contributed by atoms with Crippen LogP contribution in [0.3, 0.4) is 0 Å². The standard InChI is InChI=1S/2N3.2H3P/c2*1-3-2;;/h;;2*1H3/q2*-1;;/p+2. The second-order valence-corrected chi connectivity index (χ2v) is 0.179. The van der Waals surface area contributed by atoms with Gasteiger partial charge in [-0.1, -0.05) is 0 Å². The molecular formula is H8N6P2. The zero-order valence-corrected chi connectivity index (χ0v) is 8.68. The van der Waals surface area contributed by atoms with Crippen LogP contribution >= 0.6 is 19.8 Å². The van der Waals surface area contributed by atoms with Crippen LogP contribution < -0.4 is 0 Å². The maximum Gasteiger partial charge on any atom is -0.0395 e. The SMILES string of the molecule is [N-]=[N+]=[N-].[N-]=[N+]=[N-].[PH4+].[PH4+]. The summed E-state index contributed by atoms with van der Waals surface area (Å²) in [7, 11) is 0. The first kappa shape index (κ1) is 25.9. The molecule has 0 saturated heterocycles. The van der Waals surface area contributed by atoms with Crippen molar-refractivity contribution in [3.8, 4) is 0 Å². The molecule has 6 nitrogen and oxygen atoms in total. The molecule has 2 atom stereocenters. The molecule has 48 valence electrons. The quantitative estimate of drug-likeness (QED) is 0.216. The molecule has 0 aliphatic heterocycles. The minimum absolute atomic E-state index is 0. The molecule has 0 aromatic rings. The highest BCUT2D eigenvalue weighted by Gasteiger charge is 0.691. The molecule has 0 aliphatic carbocycles. The summed E-state index contributed by atoms with van der Waals surface area (Å²) in [5, 5.41) is 0. The van der Waals surface area contributed by atoms with Crippen LogP contribution in [-0.4, -0.2) is 0 Å². The minimum atomic E-state index is 0. The van der Waals surface area contributed by atoms with Gasteiger partial charge in [0.05, 0.1) is 0 Å². The van der Waals surface area contributed by atoms with Gasteiger partial charge in [-0.25, -0.2) is 0 Å². The molecule has 0 aromatic heterocycles. The van der Waals surface area contributed by atoms with Gasteiger partial charge in [-0.05, 0) is 19.8 Å². The van der Waals surface area contributed by atoms with Gasteiger partial charge in [0.15, 0.2) is 0 Å². The molecule has 0 bridgehead atoms. The Kier molecular flexibility index (Phi) is 288. The van der Waals surface area contributed by atoms with Crippen molar-refractivity contribution in [3.63, 3.8) is 0 Å². The van der Waals surface area contributed by atoms with Crippen LogP contribution in [0.4, 0.5) is 0 Å². The zero-order chi connectivity index (χ0) is 5.41. The van der Waals surface area contributed by atoms with E-state index in [1.165, 1.54) is 9.82 Å². The van der Waals surface area contributed by atoms with Crippen LogP contribution in [0.1, 0.15) is 0 Å². The average molecular weight is 154 g/mol. The summed E-state index contributed by atoms with van der Waals surface area (Å²) >= 11 is 0. The lowest BCUT2D eigenvalue weighted by Gasteiger charge is -1.32. The third-order valence-corrected chi connectivity index (χ3v) is 0. The van der Waals surface area contributed by atoms with E-state index in [0.29, 0.717) is 0 Å². The molecule has 0 spiro atoms. The van der Waals surface area contributed by atoms with E-state index in [9.17, 15) is 0 Å². The summed E-state index contributed by atoms with van der Waals surface area (Å²) in [6.45, 7) is 0. The Bertz CT molecular complexity index is 60.5. The molecule has 0 N–H and O–H groups in total. The van der Waals surface area contributed by atoms with E-state index in [4.69, 9.17) is 22.1 Å². The van der Waals surface area contributed by atoms with Crippen molar-refractivity contribution in [3.05, 3.63) is 31.9 Å². The van der Waals surface area contributed by atoms with Crippen molar-refractivity contribution < 1.29 is 0 Å². The van der Waals surface area contributed by atoms with Gasteiger partial charge in [0.25, 0.3) is 0 Å². The summed E-state index contributed by atoms with van der Waals surface area (Å²) in [4.78, 5) is 3.00. The van der Waals surface area contributed by atoms with E-state index in [1.807, 2.05) is 0 Å². The van der Waals surface area contributed by atoms with E-state index < -0.39 is 0 Å². The Morgan fingerprint density at radius 1 is 0.625 bits per heavy atom. The predicted molar refractivity (Wildman–Crippen MR) is 45.2 cm³/mol. The molecule has 0 rings (SSSR count). The second kappa shape index (κ2) is 88.8. The molecule has 0 aliphatic rings. The lowest BCUT2D eigenvalue weighted by molar-refractivity contribution is 2.36. The third kappa shape index (κ3) is 407. The van der Waals surface area contributed by atoms with Crippen LogP contribution in [-0.2, 0) is 0 Å². The van der Waals surface area contributed by atoms with Crippen molar-refractivity contribution in [2.24, 2.45) is 0 Å². The Morgan fingerprint density at radius 2 is 0.625 bits per heavy atom. The number of hydrogen-bond acceptors (Lipinski definition) is 0. The molecule has 0 fully saturated rings. The van der Waals surface area contributed by atoms with E-state index in [1.54, 1.807) is 0 Å². The Labute approximate surface area is 52.7 Å². The fraction of sp³-hybridized carbons (Fsp3) is 0. The molecule has 2 unspecified atom stereocenters. The summed E-state index contributed by atoms with van der Waals surface area (Å²) in [6.07, 6.45) is 0. The normalized spacial score (nSPS) is 2.00. The molecule has 8 heavy (non-hydrogen) atoms. The molecule has 8 heteroatoms. The van der Waals surface area contributed by atoms with Gasteiger partial charge in [0.1, 0.15) is 0 Å². The van der Waals surface area contributed by atoms with Gasteiger partial charge in [-0.3, -0.25) is 9.82 Å². The van der Waals surface area contributed by atoms with Crippen molar-refractivity contribution in [2.75, 3.05) is 0 Å². The van der Waals surface area contributed by atoms with Crippen molar-refractivity contribution >= 4 is 19.8 Å². The van der Waals surface area contributed by atoms with Gasteiger partial charge in [0, 0.05) is 0 Å². The zero-order valence-electron chi connectivity index (χ0n) is 4.68. The fourth-order valence-corrected chi connectivity index (χ4v) is 0. The van der Waals surface area contributed by atoms with E-state index in [-0.39, 0.29) is 19.8 Å². The summed E-state index contributed by atoms with van der Waals surface area (Å²) in [5.41, 5.74) is 27.0. The van der Waals surface area contributed by atoms with Gasteiger partial charge in [0.2, 0.25) is 0 Å². The largest absolute Gasteiger partial charge is 0.373 e. The highest BCUT2D eigenvalue weighted by Crippen LogP contribution is 1.29. The van der Waals surface area contributed by atoms with Crippen LogP contribution in [0.25, 0.3) is 31.9 Å². The fourth-order valence-electron chi connectivity index (χ4n) is 0. The maximum absolute atomic E-state index is 6.75. The maximum atomic E-state index is 6.75. The smallest absolute Gasteiger partial charge is 0.0395 e. The predicted octanol–water partition coefficient (Wildman–Crippen LogP) is 1.31. The molecular weight excluding hydrogens is 146 g/mol. The first-order valence-electron chi connectivity index (χ1n) is 0.800. The van der Waals surface area contributed by atoms with Crippen LogP contribution in [0.15, 0.2) is 0 Å². The summed E-state index contributed by atoms with van der Waals surface area (Å²) in [6, 6.07) is 0. The van der Waals surface area contributed by atoms with Crippen molar-refractivity contribution in [1.82, 2.24) is 0 Å². The lowest BCUT2D eigenvalue weighted by Crippen LogP contribution is -0.711. The van der Waals surface area contributed by atoms with Gasteiger partial charge in [-0.2, -0.15) is 0 Å². The Balaban J connectivity index is -0.0000000160. The Morgan fingerprint density at radius 3 is 0.625 bits per heavy atom. The van der Waals surface area contributed by atoms with Crippen LogP contribution in [0.5, 0.6) is 0 Å². The first-order chi connectivity index (χ1) is 2.83. The minimum Gasteiger partial charge on any atom is -0.373 e. The first-order valence-corrected chi connectivity index (χ1v) is 0.800. The molecule has 0 amide bonds. The molecule has 0 aromatic carbocycles. The highest BCUT2D eigenvalue weighted by molar-refractivity contribution is 6.92. The van der Waals surface area contributed by atoms with E-state index >= 15 is 0 Å². The van der Waals surface area contributed by atoms with E-state index in [0.717, 1.165) is 0 Å². The Hall–Kier alpha value is -0.520. The second-order valence-electron chi connectivity index (χ2n) is 0.179. The number of nitrogens with zero attached hydrogens (tertiary/aromatic N) is 6. The third-order valence-electron chi connectivity index (χ3n) is 0. The van der Waals surface area contributed by atoms with Gasteiger partial charge in [-0.15, -0.1) is 0 Å². The number of hydrogen-bond donors (Lipinski definition) is 0. The number of rotatable bonds is 0. The molecule has 0 radical (unpaired) electrons. The monoisotopic (exact) mass is 154 g/mol. The van der Waals surface area contributed by atoms with Crippen molar-refractivity contribution in [2.45, 2.75) is 0 Å². The molecule has 0 saturated carbocycles.